The van der Waals surface area contributed by atoms with Gasteiger partial charge in [-0.2, -0.15) is 11.1 Å². The van der Waals surface area contributed by atoms with Crippen molar-refractivity contribution in [1.82, 2.24) is 0 Å². The molecule has 0 aliphatic heterocycles. The van der Waals surface area contributed by atoms with Gasteiger partial charge in [-0.05, 0) is 12.5 Å². The SMILES string of the molecule is C[Si](C)(Cl)CCCCCCCCCCCCCCCCCCCCCCCCCCCCCCCCCCN=C=O. The van der Waals surface area contributed by atoms with Crippen LogP contribution in [0.1, 0.15) is 205 Å². The Kier molecular flexibility index (Phi) is 34.3. The summed E-state index contributed by atoms with van der Waals surface area (Å²) in [6.07, 6.45) is 47.1. The van der Waals surface area contributed by atoms with Crippen LogP contribution in [0.3, 0.4) is 0 Å². The fourth-order valence-corrected chi connectivity index (χ4v) is 7.58. The Balaban J connectivity index is 3.05. The molecule has 0 aromatic rings. The predicted octanol–water partition coefficient (Wildman–Crippen LogP) is 14.2. The van der Waals surface area contributed by atoms with Gasteiger partial charge in [-0.25, -0.2) is 9.79 Å². The van der Waals surface area contributed by atoms with Crippen molar-refractivity contribution in [2.45, 2.75) is 225 Å². The third-order valence-corrected chi connectivity index (χ3v) is 11.0. The van der Waals surface area contributed by atoms with Crippen LogP contribution in [-0.2, 0) is 4.79 Å². The third-order valence-electron chi connectivity index (χ3n) is 8.86. The van der Waals surface area contributed by atoms with E-state index in [2.05, 4.69) is 18.1 Å². The Bertz CT molecular complexity index is 544. The second kappa shape index (κ2) is 34.4. The van der Waals surface area contributed by atoms with Crippen molar-refractivity contribution < 1.29 is 4.79 Å². The second-order valence-corrected chi connectivity index (χ2v) is 20.8. The molecule has 0 radical (unpaired) electrons. The number of carbonyl (C=O) groups excluding carboxylic acids is 1. The van der Waals surface area contributed by atoms with E-state index in [4.69, 9.17) is 11.1 Å². The lowest BCUT2D eigenvalue weighted by atomic mass is 10.0. The van der Waals surface area contributed by atoms with Crippen LogP contribution < -0.4 is 0 Å². The Morgan fingerprint density at radius 3 is 0.780 bits per heavy atom. The second-order valence-electron chi connectivity index (χ2n) is 13.8. The van der Waals surface area contributed by atoms with E-state index in [1.54, 1.807) is 6.08 Å². The van der Waals surface area contributed by atoms with E-state index in [1.807, 2.05) is 0 Å². The first kappa shape index (κ1) is 40.9. The van der Waals surface area contributed by atoms with E-state index in [0.717, 1.165) is 6.42 Å². The minimum atomic E-state index is -1.32. The van der Waals surface area contributed by atoms with Gasteiger partial charge in [0.2, 0.25) is 6.08 Å². The van der Waals surface area contributed by atoms with Crippen LogP contribution in [0.25, 0.3) is 0 Å². The molecule has 0 bridgehead atoms. The number of halogens is 1. The molecule has 0 fully saturated rings. The minimum absolute atomic E-state index is 0.668. The summed E-state index contributed by atoms with van der Waals surface area (Å²) in [7, 11) is -1.32. The van der Waals surface area contributed by atoms with Crippen LogP contribution in [0.2, 0.25) is 19.1 Å². The van der Waals surface area contributed by atoms with Crippen LogP contribution in [0.5, 0.6) is 0 Å². The normalized spacial score (nSPS) is 11.7. The van der Waals surface area contributed by atoms with Gasteiger partial charge < -0.3 is 0 Å². The third kappa shape index (κ3) is 39.9. The lowest BCUT2D eigenvalue weighted by molar-refractivity contribution is 0.512. The van der Waals surface area contributed by atoms with Crippen molar-refractivity contribution in [1.29, 1.82) is 0 Å². The lowest BCUT2D eigenvalue weighted by Crippen LogP contribution is -2.14. The average molecular weight is 613 g/mol. The number of isocyanates is 1. The number of nitrogens with zero attached hydrogens (tertiary/aromatic N) is 1. The highest BCUT2D eigenvalue weighted by Crippen LogP contribution is 2.20. The molecule has 0 rings (SSSR count). The predicted molar refractivity (Wildman–Crippen MR) is 189 cm³/mol. The van der Waals surface area contributed by atoms with Gasteiger partial charge in [0.1, 0.15) is 7.38 Å². The molecule has 0 unspecified atom stereocenters. The number of rotatable bonds is 35. The van der Waals surface area contributed by atoms with Crippen LogP contribution in [0, 0.1) is 0 Å². The van der Waals surface area contributed by atoms with E-state index >= 15 is 0 Å². The summed E-state index contributed by atoms with van der Waals surface area (Å²) < 4.78 is 0. The molecule has 0 heterocycles. The fourth-order valence-electron chi connectivity index (χ4n) is 6.09. The standard InChI is InChI=1S/C37H74ClNOSi/c1-41(2,38)36-34-32-30-28-26-24-22-20-18-16-14-12-10-8-6-4-3-5-7-9-11-13-15-17-19-21-23-25-27-29-31-33-35-39-37-40/h3-36H2,1-2H3. The first-order chi connectivity index (χ1) is 20.1. The molecule has 0 amide bonds. The van der Waals surface area contributed by atoms with Gasteiger partial charge >= 0.3 is 0 Å². The Labute approximate surface area is 264 Å². The maximum atomic E-state index is 10.00. The molecule has 2 nitrogen and oxygen atoms in total. The maximum absolute atomic E-state index is 10.00. The van der Waals surface area contributed by atoms with Crippen LogP contribution in [-0.4, -0.2) is 20.0 Å². The van der Waals surface area contributed by atoms with Crippen molar-refractivity contribution in [2.24, 2.45) is 4.99 Å². The maximum Gasteiger partial charge on any atom is 0.234 e. The molecule has 244 valence electrons. The van der Waals surface area contributed by atoms with Crippen molar-refractivity contribution in [2.75, 3.05) is 6.54 Å². The molecule has 41 heavy (non-hydrogen) atoms. The molecule has 0 aliphatic carbocycles. The Morgan fingerprint density at radius 1 is 0.390 bits per heavy atom. The summed E-state index contributed by atoms with van der Waals surface area (Å²) >= 11 is 6.39. The number of unbranched alkanes of at least 4 members (excludes halogenated alkanes) is 31. The first-order valence-corrected chi connectivity index (χ1v) is 23.0. The van der Waals surface area contributed by atoms with E-state index in [9.17, 15) is 4.79 Å². The molecular formula is C37H74ClNOSi. The molecule has 0 atom stereocenters. The molecule has 0 saturated carbocycles. The highest BCUT2D eigenvalue weighted by atomic mass is 35.6. The Morgan fingerprint density at radius 2 is 0.585 bits per heavy atom. The van der Waals surface area contributed by atoms with Crippen LogP contribution in [0.15, 0.2) is 4.99 Å². The largest absolute Gasteiger partial charge is 0.234 e. The quantitative estimate of drug-likeness (QED) is 0.0230. The molecule has 0 N–H and O–H groups in total. The van der Waals surface area contributed by atoms with Crippen LogP contribution in [0.4, 0.5) is 0 Å². The first-order valence-electron chi connectivity index (χ1n) is 18.8. The van der Waals surface area contributed by atoms with Gasteiger partial charge in [0.05, 0.1) is 6.54 Å². The van der Waals surface area contributed by atoms with Gasteiger partial charge in [-0.3, -0.25) is 0 Å². The van der Waals surface area contributed by atoms with Crippen LogP contribution >= 0.6 is 11.1 Å². The summed E-state index contributed by atoms with van der Waals surface area (Å²) in [5.74, 6) is 0. The molecule has 0 aromatic heterocycles. The zero-order chi connectivity index (χ0) is 30.0. The van der Waals surface area contributed by atoms with E-state index in [1.165, 1.54) is 205 Å². The number of aliphatic imine (C=N–C) groups is 1. The summed E-state index contributed by atoms with van der Waals surface area (Å²) in [4.78, 5) is 13.6. The van der Waals surface area contributed by atoms with Crippen molar-refractivity contribution in [3.05, 3.63) is 0 Å². The number of hydrogen-bond donors (Lipinski definition) is 0. The van der Waals surface area contributed by atoms with Crippen molar-refractivity contribution in [3.63, 3.8) is 0 Å². The number of hydrogen-bond acceptors (Lipinski definition) is 2. The van der Waals surface area contributed by atoms with E-state index in [0.29, 0.717) is 6.54 Å². The zero-order valence-corrected chi connectivity index (χ0v) is 30.0. The highest BCUT2D eigenvalue weighted by molar-refractivity contribution is 7.19. The minimum Gasteiger partial charge on any atom is -0.211 e. The van der Waals surface area contributed by atoms with Gasteiger partial charge in [0, 0.05) is 0 Å². The average Bonchev–Trinajstić information content (AvgIpc) is 2.94. The highest BCUT2D eigenvalue weighted by Gasteiger charge is 2.15. The molecule has 0 aliphatic rings. The van der Waals surface area contributed by atoms with Crippen molar-refractivity contribution >= 4 is 24.5 Å². The molecule has 4 heteroatoms. The van der Waals surface area contributed by atoms with Gasteiger partial charge in [0.25, 0.3) is 0 Å². The molecule has 0 spiro atoms. The van der Waals surface area contributed by atoms with Gasteiger partial charge in [-0.15, -0.1) is 0 Å². The smallest absolute Gasteiger partial charge is 0.211 e. The van der Waals surface area contributed by atoms with E-state index < -0.39 is 7.38 Å². The Hall–Kier alpha value is -0.113. The summed E-state index contributed by atoms with van der Waals surface area (Å²) in [5, 5.41) is 0. The van der Waals surface area contributed by atoms with Gasteiger partial charge in [-0.1, -0.05) is 212 Å². The summed E-state index contributed by atoms with van der Waals surface area (Å²) in [6, 6.07) is 1.29. The molecular weight excluding hydrogens is 538 g/mol. The summed E-state index contributed by atoms with van der Waals surface area (Å²) in [6.45, 7) is 5.21. The topological polar surface area (TPSA) is 29.4 Å². The lowest BCUT2D eigenvalue weighted by Gasteiger charge is -2.11. The van der Waals surface area contributed by atoms with Crippen molar-refractivity contribution in [3.8, 4) is 0 Å². The fraction of sp³-hybridized carbons (Fsp3) is 0.973. The zero-order valence-electron chi connectivity index (χ0n) is 28.3. The monoisotopic (exact) mass is 612 g/mol. The molecule has 0 aromatic carbocycles. The summed E-state index contributed by atoms with van der Waals surface area (Å²) in [5.41, 5.74) is 0. The van der Waals surface area contributed by atoms with E-state index in [-0.39, 0.29) is 0 Å². The van der Waals surface area contributed by atoms with Gasteiger partial charge in [0.15, 0.2) is 0 Å². The molecule has 0 saturated heterocycles.